The van der Waals surface area contributed by atoms with Crippen LogP contribution in [0.5, 0.6) is 5.75 Å². The molecule has 2 aliphatic heterocycles. The van der Waals surface area contributed by atoms with Crippen molar-refractivity contribution in [2.45, 2.75) is 63.5 Å². The number of amides is 2. The smallest absolute Gasteiger partial charge is 0.410 e. The Hall–Kier alpha value is -2.68. The maximum Gasteiger partial charge on any atom is 0.416 e. The highest BCUT2D eigenvalue weighted by Crippen LogP contribution is 2.49. The van der Waals surface area contributed by atoms with Crippen LogP contribution in [0.4, 0.5) is 9.18 Å². The van der Waals surface area contributed by atoms with Gasteiger partial charge < -0.3 is 15.0 Å². The molecule has 2 aromatic rings. The van der Waals surface area contributed by atoms with Crippen LogP contribution < -0.4 is 10.1 Å². The molecule has 1 N–H and O–H groups in total. The van der Waals surface area contributed by atoms with Gasteiger partial charge in [0.2, 0.25) is 0 Å². The maximum absolute atomic E-state index is 14.9. The van der Waals surface area contributed by atoms with E-state index in [-0.39, 0.29) is 30.5 Å². The molecule has 2 aromatic carbocycles. The van der Waals surface area contributed by atoms with Crippen LogP contribution in [-0.4, -0.2) is 65.3 Å². The number of hydrogen-bond acceptors (Lipinski definition) is 5. The van der Waals surface area contributed by atoms with Gasteiger partial charge in [0, 0.05) is 37.5 Å². The molecule has 214 valence electrons. The van der Waals surface area contributed by atoms with Gasteiger partial charge in [0.05, 0.1) is 16.1 Å². The average molecular weight is 591 g/mol. The lowest BCUT2D eigenvalue weighted by Crippen LogP contribution is -2.68. The Bertz CT molecular complexity index is 1300. The van der Waals surface area contributed by atoms with Gasteiger partial charge in [-0.25, -0.2) is 9.18 Å². The molecular formula is C30H34Cl2FN3O4. The molecule has 0 spiro atoms. The molecule has 3 fully saturated rings. The first-order chi connectivity index (χ1) is 19.1. The average Bonchev–Trinajstić information content (AvgIpc) is 3.56. The number of halogens is 3. The van der Waals surface area contributed by atoms with Gasteiger partial charge in [-0.1, -0.05) is 36.2 Å². The van der Waals surface area contributed by atoms with Crippen LogP contribution in [0.3, 0.4) is 0 Å². The van der Waals surface area contributed by atoms with Gasteiger partial charge in [-0.05, 0) is 81.0 Å². The number of rotatable bonds is 7. The number of ether oxygens (including phenoxy) is 1. The van der Waals surface area contributed by atoms with E-state index in [4.69, 9.17) is 27.9 Å². The van der Waals surface area contributed by atoms with Crippen molar-refractivity contribution in [1.82, 2.24) is 15.1 Å². The largest absolute Gasteiger partial charge is 0.416 e. The SMILES string of the molecule is CCN(C(=O)Oc1ccc(F)cc1)[C@]1(C(=O)N2CCCCC2C(=O)C2(C)CC2)CNC[C@H]1c1ccc(Cl)c(Cl)c1. The molecule has 40 heavy (non-hydrogen) atoms. The highest BCUT2D eigenvalue weighted by atomic mass is 35.5. The number of benzene rings is 2. The molecule has 2 heterocycles. The van der Waals surface area contributed by atoms with Crippen LogP contribution in [0.25, 0.3) is 0 Å². The predicted octanol–water partition coefficient (Wildman–Crippen LogP) is 5.83. The third-order valence-electron chi connectivity index (χ3n) is 8.73. The first-order valence-corrected chi connectivity index (χ1v) is 14.6. The summed E-state index contributed by atoms with van der Waals surface area (Å²) < 4.78 is 19.2. The van der Waals surface area contributed by atoms with E-state index in [2.05, 4.69) is 5.32 Å². The predicted molar refractivity (Wildman–Crippen MR) is 151 cm³/mol. The first kappa shape index (κ1) is 28.8. The minimum absolute atomic E-state index is 0.102. The minimum Gasteiger partial charge on any atom is -0.410 e. The van der Waals surface area contributed by atoms with Crippen molar-refractivity contribution >= 4 is 41.0 Å². The van der Waals surface area contributed by atoms with Gasteiger partial charge in [0.1, 0.15) is 17.1 Å². The second-order valence-corrected chi connectivity index (χ2v) is 12.1. The number of ketones is 1. The van der Waals surface area contributed by atoms with Crippen molar-refractivity contribution in [2.24, 2.45) is 5.41 Å². The molecule has 1 aliphatic carbocycles. The zero-order valence-electron chi connectivity index (χ0n) is 22.7. The van der Waals surface area contributed by atoms with Gasteiger partial charge in [0.25, 0.3) is 5.91 Å². The van der Waals surface area contributed by atoms with Gasteiger partial charge >= 0.3 is 6.09 Å². The molecule has 0 aromatic heterocycles. The van der Waals surface area contributed by atoms with Gasteiger partial charge in [-0.3, -0.25) is 14.5 Å². The standard InChI is InChI=1S/C30H34Cl2FN3O4/c1-3-36(28(39)40-21-10-8-20(33)9-11-21)30(18-34-17-22(30)19-7-12-23(31)24(32)16-19)27(38)35-15-5-4-6-25(35)26(37)29(2)13-14-29/h7-12,16,22,25,34H,3-6,13-15,17-18H2,1-2H3/t22-,25?,30+/m0/s1. The van der Waals surface area contributed by atoms with Crippen molar-refractivity contribution in [3.8, 4) is 5.75 Å². The molecule has 0 radical (unpaired) electrons. The second-order valence-electron chi connectivity index (χ2n) is 11.3. The summed E-state index contributed by atoms with van der Waals surface area (Å²) in [4.78, 5) is 45.5. The van der Waals surface area contributed by atoms with Crippen LogP contribution in [0.1, 0.15) is 57.4 Å². The molecule has 10 heteroatoms. The summed E-state index contributed by atoms with van der Waals surface area (Å²) in [6, 6.07) is 9.84. The van der Waals surface area contributed by atoms with Crippen LogP contribution in [0.15, 0.2) is 42.5 Å². The number of nitrogens with zero attached hydrogens (tertiary/aromatic N) is 2. The fourth-order valence-corrected chi connectivity index (χ4v) is 6.52. The number of carbonyl (C=O) groups is 3. The number of Topliss-reactive ketones (excluding diaryl/α,β-unsaturated/α-hetero) is 1. The summed E-state index contributed by atoms with van der Waals surface area (Å²) in [6.45, 7) is 4.92. The summed E-state index contributed by atoms with van der Waals surface area (Å²) >= 11 is 12.6. The van der Waals surface area contributed by atoms with Crippen molar-refractivity contribution < 1.29 is 23.5 Å². The number of piperidine rings is 1. The van der Waals surface area contributed by atoms with E-state index in [1.165, 1.54) is 29.2 Å². The van der Waals surface area contributed by atoms with Gasteiger partial charge in [-0.15, -0.1) is 0 Å². The minimum atomic E-state index is -1.40. The molecule has 2 saturated heterocycles. The van der Waals surface area contributed by atoms with E-state index in [1.807, 2.05) is 13.0 Å². The zero-order valence-corrected chi connectivity index (χ0v) is 24.2. The fourth-order valence-electron chi connectivity index (χ4n) is 6.21. The zero-order chi connectivity index (χ0) is 28.7. The molecule has 3 atom stereocenters. The summed E-state index contributed by atoms with van der Waals surface area (Å²) in [6.07, 6.45) is 3.17. The third-order valence-corrected chi connectivity index (χ3v) is 9.47. The Balaban J connectivity index is 1.57. The number of likely N-dealkylation sites (N-methyl/N-ethyl adjacent to an activating group) is 1. The summed E-state index contributed by atoms with van der Waals surface area (Å²) in [5, 5.41) is 4.07. The van der Waals surface area contributed by atoms with E-state index >= 15 is 0 Å². The van der Waals surface area contributed by atoms with Crippen LogP contribution in [0, 0.1) is 11.2 Å². The Morgan fingerprint density at radius 2 is 1.82 bits per heavy atom. The van der Waals surface area contributed by atoms with E-state index in [9.17, 15) is 18.8 Å². The fraction of sp³-hybridized carbons (Fsp3) is 0.500. The topological polar surface area (TPSA) is 79.0 Å². The summed E-state index contributed by atoms with van der Waals surface area (Å²) in [5.41, 5.74) is -1.05. The van der Waals surface area contributed by atoms with Crippen LogP contribution >= 0.6 is 23.2 Å². The molecule has 5 rings (SSSR count). The van der Waals surface area contributed by atoms with Gasteiger partial charge in [0.15, 0.2) is 5.78 Å². The second kappa shape index (κ2) is 11.3. The Labute approximate surface area is 243 Å². The van der Waals surface area contributed by atoms with E-state index in [1.54, 1.807) is 24.0 Å². The van der Waals surface area contributed by atoms with Crippen molar-refractivity contribution in [3.63, 3.8) is 0 Å². The lowest BCUT2D eigenvalue weighted by molar-refractivity contribution is -0.152. The third kappa shape index (κ3) is 5.21. The normalized spacial score (nSPS) is 25.4. The molecule has 1 saturated carbocycles. The highest BCUT2D eigenvalue weighted by Gasteiger charge is 2.59. The van der Waals surface area contributed by atoms with E-state index < -0.39 is 34.8 Å². The molecule has 7 nitrogen and oxygen atoms in total. The monoisotopic (exact) mass is 589 g/mol. The quantitative estimate of drug-likeness (QED) is 0.439. The molecule has 3 aliphatic rings. The van der Waals surface area contributed by atoms with Crippen molar-refractivity contribution in [2.75, 3.05) is 26.2 Å². The van der Waals surface area contributed by atoms with Crippen molar-refractivity contribution in [3.05, 3.63) is 63.9 Å². The number of likely N-dealkylation sites (tertiary alicyclic amines) is 1. The van der Waals surface area contributed by atoms with Crippen LogP contribution in [-0.2, 0) is 9.59 Å². The number of nitrogens with one attached hydrogen (secondary N) is 1. The Morgan fingerprint density at radius 1 is 1.10 bits per heavy atom. The number of carbonyl (C=O) groups excluding carboxylic acids is 3. The van der Waals surface area contributed by atoms with Gasteiger partial charge in [-0.2, -0.15) is 0 Å². The first-order valence-electron chi connectivity index (χ1n) is 13.9. The summed E-state index contributed by atoms with van der Waals surface area (Å²) in [7, 11) is 0. The molecule has 0 bridgehead atoms. The summed E-state index contributed by atoms with van der Waals surface area (Å²) in [5.74, 6) is -0.969. The lowest BCUT2D eigenvalue weighted by Gasteiger charge is -2.47. The molecule has 1 unspecified atom stereocenters. The molecular weight excluding hydrogens is 556 g/mol. The van der Waals surface area contributed by atoms with E-state index in [0.29, 0.717) is 29.6 Å². The number of hydrogen-bond donors (Lipinski definition) is 1. The lowest BCUT2D eigenvalue weighted by atomic mass is 9.78. The molecule has 2 amide bonds. The Kier molecular flexibility index (Phi) is 8.15. The highest BCUT2D eigenvalue weighted by molar-refractivity contribution is 6.42. The Morgan fingerprint density at radius 3 is 2.48 bits per heavy atom. The van der Waals surface area contributed by atoms with Crippen LogP contribution in [0.2, 0.25) is 10.0 Å². The van der Waals surface area contributed by atoms with E-state index in [0.717, 1.165) is 31.2 Å². The van der Waals surface area contributed by atoms with Crippen molar-refractivity contribution in [1.29, 1.82) is 0 Å². The maximum atomic E-state index is 14.9.